The summed E-state index contributed by atoms with van der Waals surface area (Å²) in [5.41, 5.74) is 2.02. The summed E-state index contributed by atoms with van der Waals surface area (Å²) in [4.78, 5) is 25.5. The summed E-state index contributed by atoms with van der Waals surface area (Å²) in [6.07, 6.45) is 3.15. The Kier molecular flexibility index (Phi) is 2.76. The highest BCUT2D eigenvalue weighted by Crippen LogP contribution is 2.47. The number of rotatable bonds is 0. The zero-order chi connectivity index (χ0) is 15.4. The van der Waals surface area contributed by atoms with E-state index < -0.39 is 11.8 Å². The molecule has 4 rings (SSSR count). The fourth-order valence-electron chi connectivity index (χ4n) is 3.96. The van der Waals surface area contributed by atoms with Crippen molar-refractivity contribution >= 4 is 11.6 Å². The van der Waals surface area contributed by atoms with Crippen molar-refractivity contribution in [2.24, 2.45) is 11.8 Å². The molecular weight excluding hydrogens is 280 g/mol. The second kappa shape index (κ2) is 4.57. The number of benzene rings is 1. The minimum absolute atomic E-state index is 0.00893. The number of fused-ring (bicyclic) bond motifs is 3. The quantitative estimate of drug-likeness (QED) is 0.768. The van der Waals surface area contributed by atoms with E-state index in [9.17, 15) is 19.8 Å². The van der Waals surface area contributed by atoms with Gasteiger partial charge in [-0.2, -0.15) is 0 Å². The van der Waals surface area contributed by atoms with Crippen molar-refractivity contribution in [1.29, 1.82) is 0 Å². The molecule has 0 spiro atoms. The minimum Gasteiger partial charge on any atom is -0.511 e. The van der Waals surface area contributed by atoms with Gasteiger partial charge in [0.05, 0.1) is 11.8 Å². The Morgan fingerprint density at radius 3 is 1.59 bits per heavy atom. The van der Waals surface area contributed by atoms with Gasteiger partial charge in [0.25, 0.3) is 0 Å². The second-order valence-electron chi connectivity index (χ2n) is 6.16. The molecule has 3 aliphatic rings. The van der Waals surface area contributed by atoms with Crippen LogP contribution in [0.4, 0.5) is 0 Å². The molecule has 2 atom stereocenters. The fraction of sp³-hybridized carbons (Fsp3) is 0.333. The molecule has 0 amide bonds. The third kappa shape index (κ3) is 1.58. The van der Waals surface area contributed by atoms with Gasteiger partial charge in [0.2, 0.25) is 0 Å². The van der Waals surface area contributed by atoms with Gasteiger partial charge in [0.15, 0.2) is 11.6 Å². The van der Waals surface area contributed by atoms with Crippen LogP contribution in [0.3, 0.4) is 0 Å². The molecule has 1 aromatic carbocycles. The molecular formula is C18H16O4. The van der Waals surface area contributed by atoms with Gasteiger partial charge in [-0.25, -0.2) is 0 Å². The molecule has 1 fully saturated rings. The van der Waals surface area contributed by atoms with Crippen LogP contribution in [0.5, 0.6) is 0 Å². The number of Topliss-reactive ketones (excluding diaryl/α,β-unsaturated/α-hetero) is 2. The van der Waals surface area contributed by atoms with Crippen LogP contribution in [-0.2, 0) is 0 Å². The monoisotopic (exact) mass is 296 g/mol. The van der Waals surface area contributed by atoms with E-state index in [4.69, 9.17) is 0 Å². The van der Waals surface area contributed by atoms with Crippen LogP contribution >= 0.6 is 0 Å². The first-order chi connectivity index (χ1) is 10.6. The van der Waals surface area contributed by atoms with Crippen molar-refractivity contribution in [1.82, 2.24) is 0 Å². The Balaban J connectivity index is 1.95. The van der Waals surface area contributed by atoms with Crippen LogP contribution in [0, 0.1) is 11.8 Å². The molecule has 1 aromatic rings. The van der Waals surface area contributed by atoms with Crippen LogP contribution < -0.4 is 0 Å². The van der Waals surface area contributed by atoms with E-state index in [-0.39, 0.29) is 23.1 Å². The summed E-state index contributed by atoms with van der Waals surface area (Å²) >= 11 is 0. The average Bonchev–Trinajstić information content (AvgIpc) is 2.56. The molecule has 22 heavy (non-hydrogen) atoms. The van der Waals surface area contributed by atoms with Gasteiger partial charge in [-0.15, -0.1) is 0 Å². The van der Waals surface area contributed by atoms with Crippen LogP contribution in [0.15, 0.2) is 46.9 Å². The van der Waals surface area contributed by atoms with Crippen molar-refractivity contribution in [3.05, 3.63) is 58.1 Å². The van der Waals surface area contributed by atoms with Crippen LogP contribution in [0.1, 0.15) is 46.4 Å². The number of hydrogen-bond donors (Lipinski definition) is 2. The zero-order valence-corrected chi connectivity index (χ0v) is 12.0. The highest BCUT2D eigenvalue weighted by atomic mass is 16.3. The SMILES string of the molecule is O=C1c2ccccc2C(=O)C2C(O)=C3CCCCC3=C(O)C12. The predicted octanol–water partition coefficient (Wildman–Crippen LogP) is 3.51. The maximum Gasteiger partial charge on any atom is 0.175 e. The van der Waals surface area contributed by atoms with Gasteiger partial charge in [-0.3, -0.25) is 9.59 Å². The van der Waals surface area contributed by atoms with Crippen molar-refractivity contribution in [2.75, 3.05) is 0 Å². The summed E-state index contributed by atoms with van der Waals surface area (Å²) in [5, 5.41) is 21.2. The highest BCUT2D eigenvalue weighted by Gasteiger charge is 2.50. The average molecular weight is 296 g/mol. The van der Waals surface area contributed by atoms with Crippen molar-refractivity contribution in [3.63, 3.8) is 0 Å². The Labute approximate surface area is 127 Å². The molecule has 0 aromatic heterocycles. The first kappa shape index (κ1) is 13.3. The predicted molar refractivity (Wildman–Crippen MR) is 79.9 cm³/mol. The molecule has 1 saturated carbocycles. The van der Waals surface area contributed by atoms with Gasteiger partial charge in [0, 0.05) is 11.1 Å². The second-order valence-corrected chi connectivity index (χ2v) is 6.16. The highest BCUT2D eigenvalue weighted by molar-refractivity contribution is 6.18. The topological polar surface area (TPSA) is 74.6 Å². The lowest BCUT2D eigenvalue weighted by molar-refractivity contribution is 0.0698. The molecule has 0 aliphatic heterocycles. The molecule has 0 radical (unpaired) electrons. The van der Waals surface area contributed by atoms with E-state index >= 15 is 0 Å². The maximum atomic E-state index is 12.7. The largest absolute Gasteiger partial charge is 0.511 e. The molecule has 2 N–H and O–H groups in total. The number of carbonyl (C=O) groups excluding carboxylic acids is 2. The summed E-state index contributed by atoms with van der Waals surface area (Å²) < 4.78 is 0. The standard InChI is InChI=1S/C18H16O4/c19-15-9-5-1-2-6-10(9)16(20)14-13(15)17(21)11-7-3-4-8-12(11)18(14)22/h1-2,5-6,13-14,21-22H,3-4,7-8H2. The number of aliphatic hydroxyl groups is 2. The van der Waals surface area contributed by atoms with Crippen LogP contribution in [-0.4, -0.2) is 21.8 Å². The first-order valence-electron chi connectivity index (χ1n) is 7.63. The molecule has 0 bridgehead atoms. The normalized spacial score (nSPS) is 27.5. The smallest absolute Gasteiger partial charge is 0.175 e. The lowest BCUT2D eigenvalue weighted by Gasteiger charge is -2.37. The maximum absolute atomic E-state index is 12.7. The van der Waals surface area contributed by atoms with E-state index in [0.29, 0.717) is 35.1 Å². The summed E-state index contributed by atoms with van der Waals surface area (Å²) in [7, 11) is 0. The van der Waals surface area contributed by atoms with E-state index in [1.165, 1.54) is 0 Å². The Morgan fingerprint density at radius 2 is 1.18 bits per heavy atom. The van der Waals surface area contributed by atoms with E-state index in [0.717, 1.165) is 12.8 Å². The molecule has 0 saturated heterocycles. The van der Waals surface area contributed by atoms with Crippen LogP contribution in [0.25, 0.3) is 0 Å². The van der Waals surface area contributed by atoms with Gasteiger partial charge < -0.3 is 10.2 Å². The number of allylic oxidation sites excluding steroid dienone is 4. The van der Waals surface area contributed by atoms with Gasteiger partial charge in [-0.1, -0.05) is 24.3 Å². The van der Waals surface area contributed by atoms with Crippen molar-refractivity contribution in [3.8, 4) is 0 Å². The summed E-state index contributed by atoms with van der Waals surface area (Å²) in [5.74, 6) is -2.49. The number of aliphatic hydroxyl groups excluding tert-OH is 2. The third-order valence-electron chi connectivity index (χ3n) is 5.03. The van der Waals surface area contributed by atoms with Gasteiger partial charge in [-0.05, 0) is 36.8 Å². The fourth-order valence-corrected chi connectivity index (χ4v) is 3.96. The number of hydrogen-bond acceptors (Lipinski definition) is 4. The van der Waals surface area contributed by atoms with Gasteiger partial charge >= 0.3 is 0 Å². The molecule has 4 heteroatoms. The lowest BCUT2D eigenvalue weighted by Crippen LogP contribution is -2.42. The van der Waals surface area contributed by atoms with E-state index in [1.807, 2.05) is 0 Å². The van der Waals surface area contributed by atoms with Crippen molar-refractivity contribution < 1.29 is 19.8 Å². The Bertz CT molecular complexity index is 704. The number of carbonyl (C=O) groups is 2. The third-order valence-corrected chi connectivity index (χ3v) is 5.03. The summed E-state index contributed by atoms with van der Waals surface area (Å²) in [6.45, 7) is 0. The summed E-state index contributed by atoms with van der Waals surface area (Å²) in [6, 6.07) is 6.64. The van der Waals surface area contributed by atoms with E-state index in [2.05, 4.69) is 0 Å². The molecule has 0 heterocycles. The van der Waals surface area contributed by atoms with Gasteiger partial charge in [0.1, 0.15) is 11.5 Å². The zero-order valence-electron chi connectivity index (χ0n) is 12.0. The lowest BCUT2D eigenvalue weighted by atomic mass is 9.66. The molecule has 112 valence electrons. The Morgan fingerprint density at radius 1 is 0.773 bits per heavy atom. The minimum atomic E-state index is -0.959. The molecule has 4 nitrogen and oxygen atoms in total. The molecule has 2 unspecified atom stereocenters. The van der Waals surface area contributed by atoms with Crippen molar-refractivity contribution in [2.45, 2.75) is 25.7 Å². The Hall–Kier alpha value is -2.36. The van der Waals surface area contributed by atoms with Crippen LogP contribution in [0.2, 0.25) is 0 Å². The number of ketones is 2. The first-order valence-corrected chi connectivity index (χ1v) is 7.63. The van der Waals surface area contributed by atoms with E-state index in [1.54, 1.807) is 24.3 Å². The molecule has 3 aliphatic carbocycles.